The zero-order valence-corrected chi connectivity index (χ0v) is 11.4. The largest absolute Gasteiger partial charge is 0.478 e. The molecule has 5 nitrogen and oxygen atoms in total. The van der Waals surface area contributed by atoms with E-state index in [2.05, 4.69) is 5.32 Å². The van der Waals surface area contributed by atoms with Gasteiger partial charge in [0.2, 0.25) is 5.91 Å². The van der Waals surface area contributed by atoms with Crippen molar-refractivity contribution in [3.05, 3.63) is 35.7 Å². The van der Waals surface area contributed by atoms with Gasteiger partial charge < -0.3 is 15.3 Å². The van der Waals surface area contributed by atoms with Crippen LogP contribution in [0.2, 0.25) is 0 Å². The highest BCUT2D eigenvalue weighted by Gasteiger charge is 2.16. The molecule has 1 aromatic rings. The number of halogens is 1. The average molecular weight is 280 g/mol. The quantitative estimate of drug-likeness (QED) is 0.775. The number of hydrogen-bond donors (Lipinski definition) is 2. The molecule has 20 heavy (non-hydrogen) atoms. The molecule has 6 heteroatoms. The first kappa shape index (κ1) is 15.7. The standard InChI is InChI=1S/C14H17FN2O3/c1-3-17(9-12(18)16-2)14-10(7-8-13(19)20)5-4-6-11(14)15/h4-8H,3,9H2,1-2H3,(H,16,18)(H,19,20)/b8-7+. The molecule has 1 rings (SSSR count). The molecule has 0 radical (unpaired) electrons. The molecular weight excluding hydrogens is 263 g/mol. The molecule has 0 heterocycles. The van der Waals surface area contributed by atoms with E-state index in [9.17, 15) is 14.0 Å². The smallest absolute Gasteiger partial charge is 0.328 e. The molecule has 1 amide bonds. The molecule has 0 unspecified atom stereocenters. The van der Waals surface area contributed by atoms with Gasteiger partial charge in [-0.3, -0.25) is 4.79 Å². The van der Waals surface area contributed by atoms with Crippen molar-refractivity contribution in [1.29, 1.82) is 0 Å². The first-order valence-corrected chi connectivity index (χ1v) is 6.14. The number of aliphatic carboxylic acids is 1. The molecule has 0 bridgehead atoms. The average Bonchev–Trinajstić information content (AvgIpc) is 2.42. The van der Waals surface area contributed by atoms with Crippen LogP contribution >= 0.6 is 0 Å². The predicted molar refractivity (Wildman–Crippen MR) is 75.0 cm³/mol. The molecule has 108 valence electrons. The Labute approximate surface area is 116 Å². The summed E-state index contributed by atoms with van der Waals surface area (Å²) in [4.78, 5) is 23.6. The van der Waals surface area contributed by atoms with Crippen LogP contribution in [0.4, 0.5) is 10.1 Å². The van der Waals surface area contributed by atoms with Gasteiger partial charge in [0, 0.05) is 25.2 Å². The molecule has 0 spiro atoms. The third-order valence-corrected chi connectivity index (χ3v) is 2.73. The maximum atomic E-state index is 14.0. The highest BCUT2D eigenvalue weighted by atomic mass is 19.1. The highest BCUT2D eigenvalue weighted by Crippen LogP contribution is 2.25. The fourth-order valence-electron chi connectivity index (χ4n) is 1.76. The minimum atomic E-state index is -1.12. The van der Waals surface area contributed by atoms with Crippen LogP contribution in [0.15, 0.2) is 24.3 Å². The first-order valence-electron chi connectivity index (χ1n) is 6.14. The summed E-state index contributed by atoms with van der Waals surface area (Å²) in [5.41, 5.74) is 0.634. The number of benzene rings is 1. The van der Waals surface area contributed by atoms with Crippen molar-refractivity contribution in [2.45, 2.75) is 6.92 Å². The first-order chi connectivity index (χ1) is 9.49. The molecule has 0 aliphatic carbocycles. The molecule has 1 aromatic carbocycles. The van der Waals surface area contributed by atoms with Crippen molar-refractivity contribution in [1.82, 2.24) is 5.32 Å². The second-order valence-corrected chi connectivity index (χ2v) is 4.04. The molecule has 0 saturated carbocycles. The van der Waals surface area contributed by atoms with Gasteiger partial charge in [0.1, 0.15) is 5.82 Å². The molecule has 0 aliphatic rings. The predicted octanol–water partition coefficient (Wildman–Crippen LogP) is 1.50. The molecule has 2 N–H and O–H groups in total. The molecule has 0 aliphatic heterocycles. The normalized spacial score (nSPS) is 10.6. The van der Waals surface area contributed by atoms with E-state index in [1.54, 1.807) is 17.9 Å². The van der Waals surface area contributed by atoms with Crippen molar-refractivity contribution in [3.8, 4) is 0 Å². The van der Waals surface area contributed by atoms with Crippen LogP contribution in [-0.4, -0.2) is 37.1 Å². The van der Waals surface area contributed by atoms with E-state index in [0.29, 0.717) is 12.1 Å². The van der Waals surface area contributed by atoms with Crippen LogP contribution in [0, 0.1) is 5.82 Å². The van der Waals surface area contributed by atoms with E-state index in [1.165, 1.54) is 25.3 Å². The monoisotopic (exact) mass is 280 g/mol. The van der Waals surface area contributed by atoms with Gasteiger partial charge in [0.15, 0.2) is 0 Å². The van der Waals surface area contributed by atoms with Gasteiger partial charge in [-0.1, -0.05) is 12.1 Å². The Morgan fingerprint density at radius 2 is 2.15 bits per heavy atom. The summed E-state index contributed by atoms with van der Waals surface area (Å²) in [7, 11) is 1.50. The van der Waals surface area contributed by atoms with Crippen molar-refractivity contribution in [3.63, 3.8) is 0 Å². The molecular formula is C14H17FN2O3. The molecule has 0 aromatic heterocycles. The zero-order valence-electron chi connectivity index (χ0n) is 11.4. The number of nitrogens with one attached hydrogen (secondary N) is 1. The third kappa shape index (κ3) is 4.08. The second kappa shape index (κ2) is 7.28. The Kier molecular flexibility index (Phi) is 5.71. The number of carboxylic acids is 1. The zero-order chi connectivity index (χ0) is 15.1. The van der Waals surface area contributed by atoms with Crippen LogP contribution < -0.4 is 10.2 Å². The van der Waals surface area contributed by atoms with Gasteiger partial charge in [0.25, 0.3) is 0 Å². The van der Waals surface area contributed by atoms with E-state index >= 15 is 0 Å². The van der Waals surface area contributed by atoms with E-state index in [4.69, 9.17) is 5.11 Å². The Hall–Kier alpha value is -2.37. The van der Waals surface area contributed by atoms with E-state index in [0.717, 1.165) is 6.08 Å². The number of para-hydroxylation sites is 1. The number of likely N-dealkylation sites (N-methyl/N-ethyl adjacent to an activating group) is 2. The minimum Gasteiger partial charge on any atom is -0.478 e. The lowest BCUT2D eigenvalue weighted by atomic mass is 10.1. The van der Waals surface area contributed by atoms with Crippen molar-refractivity contribution < 1.29 is 19.1 Å². The lowest BCUT2D eigenvalue weighted by Gasteiger charge is -2.24. The Morgan fingerprint density at radius 3 is 2.70 bits per heavy atom. The number of nitrogens with zero attached hydrogens (tertiary/aromatic N) is 1. The number of rotatable bonds is 6. The highest BCUT2D eigenvalue weighted by molar-refractivity contribution is 5.88. The number of hydrogen-bond acceptors (Lipinski definition) is 3. The van der Waals surface area contributed by atoms with Crippen molar-refractivity contribution >= 4 is 23.6 Å². The van der Waals surface area contributed by atoms with Crippen LogP contribution in [-0.2, 0) is 9.59 Å². The van der Waals surface area contributed by atoms with Crippen LogP contribution in [0.3, 0.4) is 0 Å². The van der Waals surface area contributed by atoms with Gasteiger partial charge in [-0.15, -0.1) is 0 Å². The van der Waals surface area contributed by atoms with Crippen LogP contribution in [0.5, 0.6) is 0 Å². The summed E-state index contributed by atoms with van der Waals surface area (Å²) < 4.78 is 14.0. The Bertz CT molecular complexity index is 529. The fraction of sp³-hybridized carbons (Fsp3) is 0.286. The van der Waals surface area contributed by atoms with E-state index in [-0.39, 0.29) is 18.1 Å². The van der Waals surface area contributed by atoms with Crippen LogP contribution in [0.1, 0.15) is 12.5 Å². The molecule has 0 saturated heterocycles. The Morgan fingerprint density at radius 1 is 1.45 bits per heavy atom. The number of carbonyl (C=O) groups is 2. The minimum absolute atomic E-state index is 0.00183. The summed E-state index contributed by atoms with van der Waals surface area (Å²) in [5, 5.41) is 11.1. The van der Waals surface area contributed by atoms with E-state index < -0.39 is 11.8 Å². The summed E-state index contributed by atoms with van der Waals surface area (Å²) in [5.74, 6) is -1.86. The lowest BCUT2D eigenvalue weighted by molar-refractivity contribution is -0.131. The van der Waals surface area contributed by atoms with Gasteiger partial charge in [-0.05, 0) is 19.1 Å². The summed E-state index contributed by atoms with van der Waals surface area (Å²) in [6.45, 7) is 2.21. The molecule has 0 atom stereocenters. The topological polar surface area (TPSA) is 69.6 Å². The summed E-state index contributed by atoms with van der Waals surface area (Å²) in [6.07, 6.45) is 2.25. The maximum absolute atomic E-state index is 14.0. The van der Waals surface area contributed by atoms with Gasteiger partial charge in [-0.25, -0.2) is 9.18 Å². The van der Waals surface area contributed by atoms with Gasteiger partial charge in [-0.2, -0.15) is 0 Å². The van der Waals surface area contributed by atoms with Crippen molar-refractivity contribution in [2.75, 3.05) is 25.0 Å². The lowest BCUT2D eigenvalue weighted by Crippen LogP contribution is -2.36. The second-order valence-electron chi connectivity index (χ2n) is 4.04. The fourth-order valence-corrected chi connectivity index (χ4v) is 1.76. The van der Waals surface area contributed by atoms with Crippen molar-refractivity contribution in [2.24, 2.45) is 0 Å². The van der Waals surface area contributed by atoms with E-state index in [1.807, 2.05) is 0 Å². The number of amides is 1. The molecule has 0 fully saturated rings. The third-order valence-electron chi connectivity index (χ3n) is 2.73. The van der Waals surface area contributed by atoms with Gasteiger partial charge >= 0.3 is 5.97 Å². The van der Waals surface area contributed by atoms with Crippen LogP contribution in [0.25, 0.3) is 6.08 Å². The van der Waals surface area contributed by atoms with Gasteiger partial charge in [0.05, 0.1) is 12.2 Å². The Balaban J connectivity index is 3.18. The number of anilines is 1. The maximum Gasteiger partial charge on any atom is 0.328 e. The number of carbonyl (C=O) groups excluding carboxylic acids is 1. The summed E-state index contributed by atoms with van der Waals surface area (Å²) >= 11 is 0. The SMILES string of the molecule is CCN(CC(=O)NC)c1c(F)cccc1/C=C/C(=O)O. The summed E-state index contributed by atoms with van der Waals surface area (Å²) in [6, 6.07) is 4.37. The number of carboxylic acid groups (broad SMARTS) is 1.